The van der Waals surface area contributed by atoms with E-state index in [4.69, 9.17) is 18.9 Å². The van der Waals surface area contributed by atoms with Crippen LogP contribution in [-0.4, -0.2) is 49.0 Å². The van der Waals surface area contributed by atoms with Crippen molar-refractivity contribution in [3.63, 3.8) is 0 Å². The number of hydrogen-bond donors (Lipinski definition) is 0. The number of halogens is 1. The molecule has 6 nitrogen and oxygen atoms in total. The van der Waals surface area contributed by atoms with Crippen LogP contribution in [-0.2, 0) is 28.5 Å². The van der Waals surface area contributed by atoms with Crippen molar-refractivity contribution < 1.29 is 28.5 Å². The van der Waals surface area contributed by atoms with E-state index < -0.39 is 30.4 Å². The molecule has 19 heavy (non-hydrogen) atoms. The molecular formula is C12H17BrO6. The highest BCUT2D eigenvalue weighted by molar-refractivity contribution is 9.09. The van der Waals surface area contributed by atoms with Gasteiger partial charge >= 0.3 is 11.9 Å². The van der Waals surface area contributed by atoms with E-state index in [1.54, 1.807) is 12.2 Å². The smallest absolute Gasteiger partial charge is 0.303 e. The summed E-state index contributed by atoms with van der Waals surface area (Å²) in [5.41, 5.74) is 0. The Hall–Kier alpha value is -0.920. The summed E-state index contributed by atoms with van der Waals surface area (Å²) >= 11 is 3.24. The molecule has 0 aliphatic carbocycles. The van der Waals surface area contributed by atoms with Crippen LogP contribution in [0, 0.1) is 0 Å². The van der Waals surface area contributed by atoms with E-state index in [0.717, 1.165) is 0 Å². The summed E-state index contributed by atoms with van der Waals surface area (Å²) in [7, 11) is 0. The Labute approximate surface area is 120 Å². The zero-order valence-corrected chi connectivity index (χ0v) is 12.4. The van der Waals surface area contributed by atoms with E-state index >= 15 is 0 Å². The SMILES string of the molecule is CC(=O)OC[C@H]1O[C@H](OCCBr)C=C[C@@H]1OC(C)=O. The molecule has 7 heteroatoms. The first-order chi connectivity index (χ1) is 9.02. The van der Waals surface area contributed by atoms with Gasteiger partial charge in [0.05, 0.1) is 6.61 Å². The van der Waals surface area contributed by atoms with Crippen LogP contribution in [0.1, 0.15) is 13.8 Å². The number of carbonyl (C=O) groups is 2. The van der Waals surface area contributed by atoms with Gasteiger partial charge in [0, 0.05) is 19.2 Å². The molecule has 108 valence electrons. The third-order valence-electron chi connectivity index (χ3n) is 2.25. The largest absolute Gasteiger partial charge is 0.463 e. The molecule has 1 heterocycles. The lowest BCUT2D eigenvalue weighted by molar-refractivity contribution is -0.195. The van der Waals surface area contributed by atoms with Gasteiger partial charge in [-0.05, 0) is 12.2 Å². The summed E-state index contributed by atoms with van der Waals surface area (Å²) in [6, 6.07) is 0. The average Bonchev–Trinajstić information content (AvgIpc) is 2.35. The van der Waals surface area contributed by atoms with E-state index in [1.165, 1.54) is 13.8 Å². The number of carbonyl (C=O) groups excluding carboxylic acids is 2. The van der Waals surface area contributed by atoms with Gasteiger partial charge in [-0.25, -0.2) is 0 Å². The topological polar surface area (TPSA) is 71.1 Å². The van der Waals surface area contributed by atoms with E-state index in [9.17, 15) is 9.59 Å². The van der Waals surface area contributed by atoms with E-state index in [1.807, 2.05) is 0 Å². The van der Waals surface area contributed by atoms with Crippen LogP contribution in [0.2, 0.25) is 0 Å². The first-order valence-electron chi connectivity index (χ1n) is 5.85. The minimum absolute atomic E-state index is 0.00575. The first-order valence-corrected chi connectivity index (χ1v) is 6.97. The molecule has 1 aliphatic rings. The fourth-order valence-corrected chi connectivity index (χ4v) is 1.70. The predicted octanol–water partition coefficient (Wildman–Crippen LogP) is 1.17. The van der Waals surface area contributed by atoms with Crippen molar-refractivity contribution in [1.82, 2.24) is 0 Å². The van der Waals surface area contributed by atoms with Gasteiger partial charge in [0.15, 0.2) is 6.29 Å². The number of rotatable bonds is 6. The van der Waals surface area contributed by atoms with Gasteiger partial charge in [0.25, 0.3) is 0 Å². The Kier molecular flexibility index (Phi) is 7.04. The highest BCUT2D eigenvalue weighted by atomic mass is 79.9. The molecule has 0 saturated heterocycles. The Morgan fingerprint density at radius 3 is 2.58 bits per heavy atom. The Balaban J connectivity index is 2.60. The molecule has 0 N–H and O–H groups in total. The molecular weight excluding hydrogens is 320 g/mol. The van der Waals surface area contributed by atoms with Gasteiger partial charge in [-0.15, -0.1) is 0 Å². The fourth-order valence-electron chi connectivity index (χ4n) is 1.52. The van der Waals surface area contributed by atoms with E-state index in [0.29, 0.717) is 11.9 Å². The minimum Gasteiger partial charge on any atom is -0.463 e. The fraction of sp³-hybridized carbons (Fsp3) is 0.667. The molecule has 0 aromatic rings. The molecule has 0 aromatic heterocycles. The van der Waals surface area contributed by atoms with Crippen LogP contribution in [0.25, 0.3) is 0 Å². The molecule has 0 saturated carbocycles. The zero-order chi connectivity index (χ0) is 14.3. The second-order valence-electron chi connectivity index (χ2n) is 3.86. The highest BCUT2D eigenvalue weighted by Crippen LogP contribution is 2.18. The van der Waals surface area contributed by atoms with E-state index in [2.05, 4.69) is 15.9 Å². The summed E-state index contributed by atoms with van der Waals surface area (Å²) in [6.45, 7) is 3.10. The van der Waals surface area contributed by atoms with Crippen molar-refractivity contribution in [2.24, 2.45) is 0 Å². The molecule has 0 unspecified atom stereocenters. The predicted molar refractivity (Wildman–Crippen MR) is 69.7 cm³/mol. The van der Waals surface area contributed by atoms with Crippen LogP contribution in [0.3, 0.4) is 0 Å². The molecule has 0 fully saturated rings. The van der Waals surface area contributed by atoms with Gasteiger partial charge in [-0.3, -0.25) is 9.59 Å². The molecule has 1 aliphatic heterocycles. The number of hydrogen-bond acceptors (Lipinski definition) is 6. The maximum absolute atomic E-state index is 11.0. The number of esters is 2. The first kappa shape index (κ1) is 16.1. The lowest BCUT2D eigenvalue weighted by Gasteiger charge is -2.31. The third kappa shape index (κ3) is 6.17. The normalized spacial score (nSPS) is 25.9. The van der Waals surface area contributed by atoms with Crippen LogP contribution in [0.5, 0.6) is 0 Å². The van der Waals surface area contributed by atoms with Crippen molar-refractivity contribution in [3.8, 4) is 0 Å². The van der Waals surface area contributed by atoms with Crippen LogP contribution in [0.15, 0.2) is 12.2 Å². The number of ether oxygens (including phenoxy) is 4. The second-order valence-corrected chi connectivity index (χ2v) is 4.66. The Morgan fingerprint density at radius 1 is 1.26 bits per heavy atom. The Bertz CT molecular complexity index is 343. The van der Waals surface area contributed by atoms with Crippen molar-refractivity contribution in [2.75, 3.05) is 18.5 Å². The van der Waals surface area contributed by atoms with Gasteiger partial charge in [-0.1, -0.05) is 15.9 Å². The van der Waals surface area contributed by atoms with Crippen LogP contribution >= 0.6 is 15.9 Å². The summed E-state index contributed by atoms with van der Waals surface area (Å²) in [6.07, 6.45) is 1.65. The molecule has 3 atom stereocenters. The van der Waals surface area contributed by atoms with Crippen molar-refractivity contribution in [3.05, 3.63) is 12.2 Å². The molecule has 0 spiro atoms. The maximum atomic E-state index is 11.0. The standard InChI is InChI=1S/C12H17BrO6/c1-8(14)17-7-11-10(18-9(2)15)3-4-12(19-11)16-6-5-13/h3-4,10-12H,5-7H2,1-2H3/t10-,11+,12-/m0/s1. The third-order valence-corrected chi connectivity index (χ3v) is 2.57. The molecule has 0 aromatic carbocycles. The van der Waals surface area contributed by atoms with Gasteiger partial charge in [0.2, 0.25) is 0 Å². The summed E-state index contributed by atoms with van der Waals surface area (Å²) in [5, 5.41) is 0.683. The minimum atomic E-state index is -0.583. The van der Waals surface area contributed by atoms with Gasteiger partial charge < -0.3 is 18.9 Å². The van der Waals surface area contributed by atoms with E-state index in [-0.39, 0.29) is 6.61 Å². The van der Waals surface area contributed by atoms with Crippen LogP contribution in [0.4, 0.5) is 0 Å². The van der Waals surface area contributed by atoms with Crippen LogP contribution < -0.4 is 0 Å². The van der Waals surface area contributed by atoms with Gasteiger partial charge in [-0.2, -0.15) is 0 Å². The lowest BCUT2D eigenvalue weighted by Crippen LogP contribution is -2.42. The second kappa shape index (κ2) is 8.29. The summed E-state index contributed by atoms with van der Waals surface area (Å²) < 4.78 is 20.9. The number of alkyl halides is 1. The summed E-state index contributed by atoms with van der Waals surface area (Å²) in [4.78, 5) is 21.8. The Morgan fingerprint density at radius 2 is 2.00 bits per heavy atom. The molecule has 1 rings (SSSR count). The molecule has 0 radical (unpaired) electrons. The summed E-state index contributed by atoms with van der Waals surface area (Å²) in [5.74, 6) is -0.844. The van der Waals surface area contributed by atoms with Gasteiger partial charge in [0.1, 0.15) is 18.8 Å². The monoisotopic (exact) mass is 336 g/mol. The van der Waals surface area contributed by atoms with Crippen molar-refractivity contribution in [2.45, 2.75) is 32.3 Å². The highest BCUT2D eigenvalue weighted by Gasteiger charge is 2.30. The van der Waals surface area contributed by atoms with Crippen molar-refractivity contribution >= 4 is 27.9 Å². The average molecular weight is 337 g/mol. The molecule has 0 bridgehead atoms. The molecule has 0 amide bonds. The van der Waals surface area contributed by atoms with Crippen molar-refractivity contribution in [1.29, 1.82) is 0 Å². The lowest BCUT2D eigenvalue weighted by atomic mass is 10.1. The maximum Gasteiger partial charge on any atom is 0.303 e. The zero-order valence-electron chi connectivity index (χ0n) is 10.8. The quantitative estimate of drug-likeness (QED) is 0.412.